The van der Waals surface area contributed by atoms with Crippen molar-refractivity contribution in [2.75, 3.05) is 19.6 Å². The number of nitrogens with zero attached hydrogens (tertiary/aromatic N) is 1. The van der Waals surface area contributed by atoms with Crippen molar-refractivity contribution in [1.29, 1.82) is 0 Å². The largest absolute Gasteiger partial charge is 0.342 e. The molecule has 0 saturated carbocycles. The molecule has 0 unspecified atom stereocenters. The van der Waals surface area contributed by atoms with E-state index in [1.807, 2.05) is 4.90 Å². The van der Waals surface area contributed by atoms with Crippen LogP contribution in [-0.4, -0.2) is 37.0 Å². The van der Waals surface area contributed by atoms with Crippen LogP contribution in [0.2, 0.25) is 0 Å². The van der Waals surface area contributed by atoms with Gasteiger partial charge < -0.3 is 10.2 Å². The number of amides is 1. The molecule has 1 heterocycles. The highest BCUT2D eigenvalue weighted by atomic mass is 16.1. The lowest BCUT2D eigenvalue weighted by molar-refractivity contribution is -0.120. The molecule has 14 heavy (non-hydrogen) atoms. The van der Waals surface area contributed by atoms with Gasteiger partial charge in [-0.15, -0.1) is 0 Å². The second-order valence-electron chi connectivity index (χ2n) is 4.03. The second kappa shape index (κ2) is 6.82. The Kier molecular flexibility index (Phi) is 5.60. The van der Waals surface area contributed by atoms with E-state index in [1.165, 1.54) is 12.8 Å². The lowest BCUT2D eigenvalue weighted by Gasteiger charge is -2.31. The maximum absolute atomic E-state index is 10.9. The average molecular weight is 198 g/mol. The van der Waals surface area contributed by atoms with Crippen LogP contribution in [0.4, 0.5) is 0 Å². The minimum absolute atomic E-state index is 0.491. The Hall–Kier alpha value is -0.570. The fraction of sp³-hybridized carbons (Fsp3) is 0.909. The van der Waals surface area contributed by atoms with Gasteiger partial charge in [0.25, 0.3) is 0 Å². The molecule has 82 valence electrons. The molecule has 3 nitrogen and oxygen atoms in total. The zero-order chi connectivity index (χ0) is 10.2. The first-order chi connectivity index (χ1) is 6.88. The third-order valence-corrected chi connectivity index (χ3v) is 2.93. The molecule has 1 aliphatic rings. The minimum Gasteiger partial charge on any atom is -0.342 e. The molecule has 1 N–H and O–H groups in total. The van der Waals surface area contributed by atoms with Crippen molar-refractivity contribution in [1.82, 2.24) is 10.2 Å². The molecule has 0 atom stereocenters. The lowest BCUT2D eigenvalue weighted by atomic mass is 10.0. The van der Waals surface area contributed by atoms with Gasteiger partial charge in [0.15, 0.2) is 0 Å². The Balaban J connectivity index is 2.24. The SMILES string of the molecule is CCCCCN(C=O)C1CCNCC1. The van der Waals surface area contributed by atoms with Crippen LogP contribution in [0, 0.1) is 0 Å². The number of carbonyl (C=O) groups is 1. The maximum Gasteiger partial charge on any atom is 0.209 e. The third-order valence-electron chi connectivity index (χ3n) is 2.93. The number of hydrogen-bond donors (Lipinski definition) is 1. The Morgan fingerprint density at radius 2 is 2.07 bits per heavy atom. The molecular formula is C11H22N2O. The first-order valence-electron chi connectivity index (χ1n) is 5.80. The van der Waals surface area contributed by atoms with Crippen LogP contribution in [0.25, 0.3) is 0 Å². The minimum atomic E-state index is 0.491. The molecule has 3 heteroatoms. The third kappa shape index (κ3) is 3.66. The predicted molar refractivity (Wildman–Crippen MR) is 58.2 cm³/mol. The highest BCUT2D eigenvalue weighted by molar-refractivity contribution is 5.47. The van der Waals surface area contributed by atoms with E-state index in [4.69, 9.17) is 0 Å². The predicted octanol–water partition coefficient (Wildman–Crippen LogP) is 1.39. The number of carbonyl (C=O) groups excluding carboxylic acids is 1. The summed E-state index contributed by atoms with van der Waals surface area (Å²) in [5, 5.41) is 3.32. The van der Waals surface area contributed by atoms with Gasteiger partial charge in [-0.25, -0.2) is 0 Å². The molecule has 0 spiro atoms. The molecule has 0 aromatic rings. The van der Waals surface area contributed by atoms with Crippen molar-refractivity contribution in [3.8, 4) is 0 Å². The van der Waals surface area contributed by atoms with Crippen molar-refractivity contribution in [2.24, 2.45) is 0 Å². The van der Waals surface area contributed by atoms with E-state index in [-0.39, 0.29) is 0 Å². The van der Waals surface area contributed by atoms with Gasteiger partial charge in [0.05, 0.1) is 0 Å². The zero-order valence-corrected chi connectivity index (χ0v) is 9.17. The van der Waals surface area contributed by atoms with Crippen LogP contribution < -0.4 is 5.32 Å². The lowest BCUT2D eigenvalue weighted by Crippen LogP contribution is -2.42. The summed E-state index contributed by atoms with van der Waals surface area (Å²) in [6.07, 6.45) is 6.87. The summed E-state index contributed by atoms with van der Waals surface area (Å²) in [7, 11) is 0. The molecule has 0 aliphatic carbocycles. The summed E-state index contributed by atoms with van der Waals surface area (Å²) < 4.78 is 0. The number of nitrogens with one attached hydrogen (secondary N) is 1. The molecule has 1 amide bonds. The first kappa shape index (κ1) is 11.5. The number of rotatable bonds is 6. The maximum atomic E-state index is 10.9. The molecule has 1 aliphatic heterocycles. The topological polar surface area (TPSA) is 32.3 Å². The van der Waals surface area contributed by atoms with Gasteiger partial charge in [-0.3, -0.25) is 4.79 Å². The van der Waals surface area contributed by atoms with Crippen LogP contribution in [-0.2, 0) is 4.79 Å². The van der Waals surface area contributed by atoms with Crippen LogP contribution in [0.3, 0.4) is 0 Å². The summed E-state index contributed by atoms with van der Waals surface area (Å²) in [6, 6.07) is 0.491. The fourth-order valence-corrected chi connectivity index (χ4v) is 2.00. The Labute approximate surface area is 86.9 Å². The van der Waals surface area contributed by atoms with Crippen molar-refractivity contribution < 1.29 is 4.79 Å². The molecule has 1 saturated heterocycles. The molecule has 0 aromatic heterocycles. The molecule has 0 radical (unpaired) electrons. The zero-order valence-electron chi connectivity index (χ0n) is 9.17. The standard InChI is InChI=1S/C11H22N2O/c1-2-3-4-9-13(10-14)11-5-7-12-8-6-11/h10-12H,2-9H2,1H3. The van der Waals surface area contributed by atoms with Crippen molar-refractivity contribution >= 4 is 6.41 Å². The van der Waals surface area contributed by atoms with Gasteiger partial charge in [-0.2, -0.15) is 0 Å². The van der Waals surface area contributed by atoms with Gasteiger partial charge in [0.2, 0.25) is 6.41 Å². The van der Waals surface area contributed by atoms with E-state index in [9.17, 15) is 4.79 Å². The monoisotopic (exact) mass is 198 g/mol. The van der Waals surface area contributed by atoms with E-state index in [1.54, 1.807) is 0 Å². The summed E-state index contributed by atoms with van der Waals surface area (Å²) in [4.78, 5) is 12.9. The van der Waals surface area contributed by atoms with Gasteiger partial charge >= 0.3 is 0 Å². The van der Waals surface area contributed by atoms with Gasteiger partial charge in [-0.05, 0) is 32.4 Å². The van der Waals surface area contributed by atoms with E-state index >= 15 is 0 Å². The normalized spacial score (nSPS) is 18.1. The average Bonchev–Trinajstić information content (AvgIpc) is 2.26. The smallest absolute Gasteiger partial charge is 0.209 e. The number of piperidine rings is 1. The van der Waals surface area contributed by atoms with E-state index in [0.717, 1.165) is 45.3 Å². The summed E-state index contributed by atoms with van der Waals surface area (Å²) in [6.45, 7) is 5.25. The number of unbranched alkanes of at least 4 members (excludes halogenated alkanes) is 2. The highest BCUT2D eigenvalue weighted by Crippen LogP contribution is 2.11. The van der Waals surface area contributed by atoms with E-state index in [0.29, 0.717) is 6.04 Å². The van der Waals surface area contributed by atoms with Gasteiger partial charge in [0.1, 0.15) is 0 Å². The first-order valence-corrected chi connectivity index (χ1v) is 5.80. The fourth-order valence-electron chi connectivity index (χ4n) is 2.00. The molecule has 0 bridgehead atoms. The summed E-state index contributed by atoms with van der Waals surface area (Å²) >= 11 is 0. The number of hydrogen-bond acceptors (Lipinski definition) is 2. The van der Waals surface area contributed by atoms with Crippen molar-refractivity contribution in [2.45, 2.75) is 45.1 Å². The van der Waals surface area contributed by atoms with Crippen LogP contribution >= 0.6 is 0 Å². The van der Waals surface area contributed by atoms with Crippen LogP contribution in [0.15, 0.2) is 0 Å². The molecule has 1 fully saturated rings. The summed E-state index contributed by atoms with van der Waals surface area (Å²) in [5.74, 6) is 0. The Bertz CT molecular complexity index is 155. The van der Waals surface area contributed by atoms with Gasteiger partial charge in [-0.1, -0.05) is 19.8 Å². The Morgan fingerprint density at radius 3 is 2.64 bits per heavy atom. The summed E-state index contributed by atoms with van der Waals surface area (Å²) in [5.41, 5.74) is 0. The van der Waals surface area contributed by atoms with E-state index in [2.05, 4.69) is 12.2 Å². The Morgan fingerprint density at radius 1 is 1.36 bits per heavy atom. The molecule has 1 rings (SSSR count). The molecular weight excluding hydrogens is 176 g/mol. The van der Waals surface area contributed by atoms with Crippen LogP contribution in [0.1, 0.15) is 39.0 Å². The second-order valence-corrected chi connectivity index (χ2v) is 4.03. The highest BCUT2D eigenvalue weighted by Gasteiger charge is 2.18. The van der Waals surface area contributed by atoms with Crippen molar-refractivity contribution in [3.63, 3.8) is 0 Å². The van der Waals surface area contributed by atoms with Crippen LogP contribution in [0.5, 0.6) is 0 Å². The quantitative estimate of drug-likeness (QED) is 0.516. The molecule has 0 aromatic carbocycles. The van der Waals surface area contributed by atoms with Crippen molar-refractivity contribution in [3.05, 3.63) is 0 Å². The van der Waals surface area contributed by atoms with E-state index < -0.39 is 0 Å². The van der Waals surface area contributed by atoms with Gasteiger partial charge in [0, 0.05) is 12.6 Å².